The zero-order valence-electron chi connectivity index (χ0n) is 14.8. The summed E-state index contributed by atoms with van der Waals surface area (Å²) in [6, 6.07) is 8.66. The monoisotopic (exact) mass is 317 g/mol. The molecular formula is C19H31N3O. The van der Waals surface area contributed by atoms with Crippen LogP contribution in [0.15, 0.2) is 24.3 Å². The SMILES string of the molecule is CCCCCNC(=O)c1ccc(N2CCN(C(C)C)CC2)cc1. The molecule has 1 fully saturated rings. The molecule has 1 heterocycles. The van der Waals surface area contributed by atoms with Crippen molar-refractivity contribution >= 4 is 11.6 Å². The smallest absolute Gasteiger partial charge is 0.251 e. The minimum absolute atomic E-state index is 0.0391. The largest absolute Gasteiger partial charge is 0.369 e. The van der Waals surface area contributed by atoms with Crippen LogP contribution in [0, 0.1) is 0 Å². The van der Waals surface area contributed by atoms with Crippen molar-refractivity contribution in [2.45, 2.75) is 46.1 Å². The van der Waals surface area contributed by atoms with E-state index in [0.29, 0.717) is 6.04 Å². The minimum Gasteiger partial charge on any atom is -0.369 e. The van der Waals surface area contributed by atoms with E-state index in [9.17, 15) is 4.79 Å². The summed E-state index contributed by atoms with van der Waals surface area (Å²) in [5, 5.41) is 2.99. The molecule has 1 amide bonds. The zero-order valence-corrected chi connectivity index (χ0v) is 14.8. The van der Waals surface area contributed by atoms with Gasteiger partial charge in [0.05, 0.1) is 0 Å². The lowest BCUT2D eigenvalue weighted by atomic mass is 10.1. The quantitative estimate of drug-likeness (QED) is 0.785. The first-order chi connectivity index (χ1) is 11.1. The molecule has 0 spiro atoms. The molecule has 1 saturated heterocycles. The molecule has 0 saturated carbocycles. The molecule has 0 bridgehead atoms. The van der Waals surface area contributed by atoms with Crippen molar-refractivity contribution < 1.29 is 4.79 Å². The molecular weight excluding hydrogens is 286 g/mol. The van der Waals surface area contributed by atoms with E-state index in [1.165, 1.54) is 18.5 Å². The molecule has 4 nitrogen and oxygen atoms in total. The van der Waals surface area contributed by atoms with E-state index in [0.717, 1.165) is 44.7 Å². The van der Waals surface area contributed by atoms with Crippen molar-refractivity contribution in [3.63, 3.8) is 0 Å². The van der Waals surface area contributed by atoms with Gasteiger partial charge in [0.2, 0.25) is 0 Å². The number of carbonyl (C=O) groups excluding carboxylic acids is 1. The van der Waals surface area contributed by atoms with Crippen LogP contribution in [0.25, 0.3) is 0 Å². The minimum atomic E-state index is 0.0391. The summed E-state index contributed by atoms with van der Waals surface area (Å²) >= 11 is 0. The topological polar surface area (TPSA) is 35.6 Å². The first-order valence-electron chi connectivity index (χ1n) is 8.99. The number of hydrogen-bond donors (Lipinski definition) is 1. The second-order valence-electron chi connectivity index (χ2n) is 6.63. The number of carbonyl (C=O) groups is 1. The molecule has 1 N–H and O–H groups in total. The first kappa shape index (κ1) is 17.8. The summed E-state index contributed by atoms with van der Waals surface area (Å²) in [5.74, 6) is 0.0391. The lowest BCUT2D eigenvalue weighted by Crippen LogP contribution is -2.48. The number of piperazine rings is 1. The summed E-state index contributed by atoms with van der Waals surface area (Å²) in [6.45, 7) is 11.8. The Bertz CT molecular complexity index is 476. The van der Waals surface area contributed by atoms with Crippen LogP contribution in [-0.4, -0.2) is 49.6 Å². The highest BCUT2D eigenvalue weighted by molar-refractivity contribution is 5.94. The van der Waals surface area contributed by atoms with Gasteiger partial charge in [-0.25, -0.2) is 0 Å². The average molecular weight is 317 g/mol. The molecule has 0 aliphatic carbocycles. The standard InChI is InChI=1S/C19H31N3O/c1-4-5-6-11-20-19(23)17-7-9-18(10-8-17)22-14-12-21(13-15-22)16(2)3/h7-10,16H,4-6,11-15H2,1-3H3,(H,20,23). The molecule has 0 aromatic heterocycles. The summed E-state index contributed by atoms with van der Waals surface area (Å²) in [5.41, 5.74) is 1.97. The molecule has 0 atom stereocenters. The molecule has 0 radical (unpaired) electrons. The van der Waals surface area contributed by atoms with E-state index >= 15 is 0 Å². The van der Waals surface area contributed by atoms with E-state index in [1.807, 2.05) is 12.1 Å². The van der Waals surface area contributed by atoms with Gasteiger partial charge < -0.3 is 10.2 Å². The molecule has 2 rings (SSSR count). The fraction of sp³-hybridized carbons (Fsp3) is 0.632. The van der Waals surface area contributed by atoms with Crippen molar-refractivity contribution in [2.75, 3.05) is 37.6 Å². The van der Waals surface area contributed by atoms with Gasteiger partial charge in [0, 0.05) is 50.0 Å². The van der Waals surface area contributed by atoms with E-state index in [-0.39, 0.29) is 5.91 Å². The zero-order chi connectivity index (χ0) is 16.7. The number of nitrogens with zero attached hydrogens (tertiary/aromatic N) is 2. The van der Waals surface area contributed by atoms with E-state index in [2.05, 4.69) is 48.0 Å². The van der Waals surface area contributed by atoms with Gasteiger partial charge in [0.25, 0.3) is 5.91 Å². The van der Waals surface area contributed by atoms with Gasteiger partial charge in [-0.05, 0) is 44.5 Å². The van der Waals surface area contributed by atoms with Crippen molar-refractivity contribution in [1.29, 1.82) is 0 Å². The molecule has 128 valence electrons. The van der Waals surface area contributed by atoms with Crippen LogP contribution < -0.4 is 10.2 Å². The van der Waals surface area contributed by atoms with Gasteiger partial charge in [0.1, 0.15) is 0 Å². The van der Waals surface area contributed by atoms with E-state index in [4.69, 9.17) is 0 Å². The maximum atomic E-state index is 12.1. The second-order valence-corrected chi connectivity index (χ2v) is 6.63. The first-order valence-corrected chi connectivity index (χ1v) is 8.99. The Morgan fingerprint density at radius 2 is 1.74 bits per heavy atom. The lowest BCUT2D eigenvalue weighted by Gasteiger charge is -2.38. The molecule has 1 aliphatic rings. The molecule has 1 aliphatic heterocycles. The van der Waals surface area contributed by atoms with Crippen LogP contribution in [0.4, 0.5) is 5.69 Å². The summed E-state index contributed by atoms with van der Waals surface area (Å²) in [7, 11) is 0. The number of hydrogen-bond acceptors (Lipinski definition) is 3. The van der Waals surface area contributed by atoms with E-state index in [1.54, 1.807) is 0 Å². The predicted molar refractivity (Wildman–Crippen MR) is 97.2 cm³/mol. The van der Waals surface area contributed by atoms with Crippen LogP contribution in [0.2, 0.25) is 0 Å². The maximum absolute atomic E-state index is 12.1. The molecule has 23 heavy (non-hydrogen) atoms. The molecule has 1 aromatic carbocycles. The highest BCUT2D eigenvalue weighted by atomic mass is 16.1. The molecule has 0 unspecified atom stereocenters. The van der Waals surface area contributed by atoms with Crippen LogP contribution in [-0.2, 0) is 0 Å². The van der Waals surface area contributed by atoms with Crippen molar-refractivity contribution in [3.8, 4) is 0 Å². The Kier molecular flexibility index (Phi) is 6.90. The number of nitrogens with one attached hydrogen (secondary N) is 1. The Morgan fingerprint density at radius 1 is 1.09 bits per heavy atom. The van der Waals surface area contributed by atoms with Crippen molar-refractivity contribution in [1.82, 2.24) is 10.2 Å². The van der Waals surface area contributed by atoms with Gasteiger partial charge in [-0.1, -0.05) is 19.8 Å². The van der Waals surface area contributed by atoms with Crippen LogP contribution in [0.3, 0.4) is 0 Å². The second kappa shape index (κ2) is 8.92. The Hall–Kier alpha value is -1.55. The third kappa shape index (κ3) is 5.24. The van der Waals surface area contributed by atoms with Gasteiger partial charge in [-0.2, -0.15) is 0 Å². The van der Waals surface area contributed by atoms with Crippen LogP contribution in [0.1, 0.15) is 50.4 Å². The Balaban J connectivity index is 1.84. The van der Waals surface area contributed by atoms with E-state index < -0.39 is 0 Å². The predicted octanol–water partition coefficient (Wildman–Crippen LogP) is 3.14. The summed E-state index contributed by atoms with van der Waals surface area (Å²) in [4.78, 5) is 17.0. The molecule has 4 heteroatoms. The van der Waals surface area contributed by atoms with Crippen LogP contribution in [0.5, 0.6) is 0 Å². The highest BCUT2D eigenvalue weighted by Crippen LogP contribution is 2.18. The fourth-order valence-corrected chi connectivity index (χ4v) is 3.00. The van der Waals surface area contributed by atoms with Gasteiger partial charge in [-0.3, -0.25) is 9.69 Å². The Morgan fingerprint density at radius 3 is 2.30 bits per heavy atom. The number of benzene rings is 1. The normalized spacial score (nSPS) is 15.9. The van der Waals surface area contributed by atoms with Crippen molar-refractivity contribution in [2.24, 2.45) is 0 Å². The number of unbranched alkanes of at least 4 members (excludes halogenated alkanes) is 2. The van der Waals surface area contributed by atoms with Gasteiger partial charge >= 0.3 is 0 Å². The summed E-state index contributed by atoms with van der Waals surface area (Å²) in [6.07, 6.45) is 3.40. The van der Waals surface area contributed by atoms with Crippen molar-refractivity contribution in [3.05, 3.63) is 29.8 Å². The summed E-state index contributed by atoms with van der Waals surface area (Å²) < 4.78 is 0. The third-order valence-corrected chi connectivity index (χ3v) is 4.61. The van der Waals surface area contributed by atoms with Crippen LogP contribution >= 0.6 is 0 Å². The number of rotatable bonds is 7. The third-order valence-electron chi connectivity index (χ3n) is 4.61. The number of anilines is 1. The van der Waals surface area contributed by atoms with Gasteiger partial charge in [-0.15, -0.1) is 0 Å². The lowest BCUT2D eigenvalue weighted by molar-refractivity contribution is 0.0953. The molecule has 1 aromatic rings. The highest BCUT2D eigenvalue weighted by Gasteiger charge is 2.19. The average Bonchev–Trinajstić information content (AvgIpc) is 2.59. The Labute approximate surface area is 140 Å². The number of amides is 1. The maximum Gasteiger partial charge on any atom is 0.251 e. The fourth-order valence-electron chi connectivity index (χ4n) is 3.00. The van der Waals surface area contributed by atoms with Gasteiger partial charge in [0.15, 0.2) is 0 Å².